The largest absolute Gasteiger partial charge is 0.444 e. The van der Waals surface area contributed by atoms with Crippen LogP contribution in [0.5, 0.6) is 0 Å². The molecule has 112 valence electrons. The first kappa shape index (κ1) is 16.8. The second kappa shape index (κ2) is 6.02. The van der Waals surface area contributed by atoms with E-state index >= 15 is 0 Å². The molecule has 1 amide bonds. The van der Waals surface area contributed by atoms with Gasteiger partial charge in [0.15, 0.2) is 0 Å². The van der Waals surface area contributed by atoms with Crippen molar-refractivity contribution in [1.82, 2.24) is 0 Å². The Morgan fingerprint density at radius 1 is 1.30 bits per heavy atom. The van der Waals surface area contributed by atoms with E-state index in [-0.39, 0.29) is 0 Å². The smallest absolute Gasteiger partial charge is 0.412 e. The minimum Gasteiger partial charge on any atom is -0.444 e. The molecule has 0 saturated carbocycles. The molecule has 4 nitrogen and oxygen atoms in total. The Labute approximate surface area is 125 Å². The number of anilines is 1. The fourth-order valence-electron chi connectivity index (χ4n) is 1.68. The van der Waals surface area contributed by atoms with Crippen molar-refractivity contribution in [1.29, 1.82) is 0 Å². The summed E-state index contributed by atoms with van der Waals surface area (Å²) in [6, 6.07) is 5.25. The van der Waals surface area contributed by atoms with E-state index in [1.165, 1.54) is 0 Å². The number of carbonyl (C=O) groups excluding carboxylic acids is 1. The molecule has 0 unspecified atom stereocenters. The van der Waals surface area contributed by atoms with E-state index in [0.717, 1.165) is 5.56 Å². The van der Waals surface area contributed by atoms with E-state index in [4.69, 9.17) is 16.3 Å². The van der Waals surface area contributed by atoms with E-state index in [0.29, 0.717) is 17.1 Å². The van der Waals surface area contributed by atoms with Gasteiger partial charge in [-0.1, -0.05) is 17.7 Å². The number of amides is 1. The van der Waals surface area contributed by atoms with Gasteiger partial charge in [-0.25, -0.2) is 4.79 Å². The lowest BCUT2D eigenvalue weighted by Crippen LogP contribution is -2.27. The van der Waals surface area contributed by atoms with Gasteiger partial charge in [-0.15, -0.1) is 0 Å². The van der Waals surface area contributed by atoms with Gasteiger partial charge in [0, 0.05) is 6.42 Å². The summed E-state index contributed by atoms with van der Waals surface area (Å²) in [5, 5.41) is 12.8. The number of ether oxygens (including phenoxy) is 1. The number of hydrogen-bond donors (Lipinski definition) is 2. The zero-order valence-corrected chi connectivity index (χ0v) is 13.3. The van der Waals surface area contributed by atoms with Crippen molar-refractivity contribution < 1.29 is 14.6 Å². The highest BCUT2D eigenvalue weighted by molar-refractivity contribution is 6.33. The highest BCUT2D eigenvalue weighted by Gasteiger charge is 2.18. The molecule has 0 fully saturated rings. The predicted molar refractivity (Wildman–Crippen MR) is 81.3 cm³/mol. The van der Waals surface area contributed by atoms with Crippen molar-refractivity contribution >= 4 is 23.4 Å². The van der Waals surface area contributed by atoms with E-state index in [1.807, 2.05) is 6.07 Å². The Kier molecular flexibility index (Phi) is 5.05. The van der Waals surface area contributed by atoms with Crippen LogP contribution in [-0.4, -0.2) is 22.4 Å². The Morgan fingerprint density at radius 3 is 2.35 bits per heavy atom. The molecular weight excluding hydrogens is 278 g/mol. The van der Waals surface area contributed by atoms with Gasteiger partial charge in [-0.2, -0.15) is 0 Å². The molecule has 20 heavy (non-hydrogen) atoms. The molecule has 0 radical (unpaired) electrons. The van der Waals surface area contributed by atoms with Crippen molar-refractivity contribution in [3.63, 3.8) is 0 Å². The van der Waals surface area contributed by atoms with Crippen molar-refractivity contribution in [2.24, 2.45) is 0 Å². The van der Waals surface area contributed by atoms with Crippen LogP contribution in [0.25, 0.3) is 0 Å². The van der Waals surface area contributed by atoms with Crippen LogP contribution in [0.15, 0.2) is 18.2 Å². The van der Waals surface area contributed by atoms with E-state index in [2.05, 4.69) is 5.32 Å². The van der Waals surface area contributed by atoms with E-state index < -0.39 is 17.3 Å². The third-order valence-electron chi connectivity index (χ3n) is 2.31. The molecule has 1 aromatic carbocycles. The number of aliphatic hydroxyl groups is 1. The highest BCUT2D eigenvalue weighted by atomic mass is 35.5. The number of nitrogens with one attached hydrogen (secondary N) is 1. The second-order valence-corrected chi connectivity index (χ2v) is 6.84. The van der Waals surface area contributed by atoms with Gasteiger partial charge >= 0.3 is 6.09 Å². The highest BCUT2D eigenvalue weighted by Crippen LogP contribution is 2.25. The summed E-state index contributed by atoms with van der Waals surface area (Å²) in [7, 11) is 0. The average Bonchev–Trinajstić information content (AvgIpc) is 2.17. The van der Waals surface area contributed by atoms with Crippen LogP contribution in [0, 0.1) is 0 Å². The topological polar surface area (TPSA) is 58.6 Å². The van der Waals surface area contributed by atoms with E-state index in [1.54, 1.807) is 46.8 Å². The predicted octanol–water partition coefficient (Wildman–Crippen LogP) is 4.00. The third-order valence-corrected chi connectivity index (χ3v) is 2.62. The summed E-state index contributed by atoms with van der Waals surface area (Å²) in [5.74, 6) is 0. The van der Waals surface area contributed by atoms with Crippen molar-refractivity contribution in [2.45, 2.75) is 52.2 Å². The van der Waals surface area contributed by atoms with Crippen LogP contribution in [-0.2, 0) is 11.2 Å². The Bertz CT molecular complexity index is 487. The van der Waals surface area contributed by atoms with Crippen LogP contribution in [0.2, 0.25) is 5.02 Å². The first-order chi connectivity index (χ1) is 8.96. The minimum absolute atomic E-state index is 0.414. The van der Waals surface area contributed by atoms with Crippen LogP contribution in [0.3, 0.4) is 0 Å². The second-order valence-electron chi connectivity index (χ2n) is 6.43. The van der Waals surface area contributed by atoms with Gasteiger partial charge < -0.3 is 9.84 Å². The van der Waals surface area contributed by atoms with Crippen molar-refractivity contribution in [3.05, 3.63) is 28.8 Å². The van der Waals surface area contributed by atoms with Crippen molar-refractivity contribution in [3.8, 4) is 0 Å². The average molecular weight is 300 g/mol. The maximum atomic E-state index is 11.7. The standard InChI is InChI=1S/C15H22ClNO3/c1-14(2,3)20-13(18)17-12-7-6-10(8-11(12)16)9-15(4,5)19/h6-8,19H,9H2,1-5H3,(H,17,18). The summed E-state index contributed by atoms with van der Waals surface area (Å²) in [6.45, 7) is 8.84. The molecule has 0 atom stereocenters. The number of rotatable bonds is 3. The van der Waals surface area contributed by atoms with Gasteiger partial charge in [0.1, 0.15) is 5.60 Å². The van der Waals surface area contributed by atoms with Crippen LogP contribution < -0.4 is 5.32 Å². The fourth-order valence-corrected chi connectivity index (χ4v) is 1.93. The molecule has 0 heterocycles. The SMILES string of the molecule is CC(C)(O)Cc1ccc(NC(=O)OC(C)(C)C)c(Cl)c1. The number of benzene rings is 1. The van der Waals surface area contributed by atoms with Gasteiger partial charge in [-0.05, 0) is 52.3 Å². The third kappa shape index (κ3) is 6.26. The fraction of sp³-hybridized carbons (Fsp3) is 0.533. The molecule has 0 aliphatic carbocycles. The lowest BCUT2D eigenvalue weighted by atomic mass is 9.99. The molecule has 1 aromatic rings. The molecule has 2 N–H and O–H groups in total. The first-order valence-electron chi connectivity index (χ1n) is 6.47. The quantitative estimate of drug-likeness (QED) is 0.887. The summed E-state index contributed by atoms with van der Waals surface area (Å²) in [4.78, 5) is 11.7. The van der Waals surface area contributed by atoms with Crippen LogP contribution in [0.1, 0.15) is 40.2 Å². The molecule has 0 aliphatic rings. The normalized spacial score (nSPS) is 12.2. The summed E-state index contributed by atoms with van der Waals surface area (Å²) >= 11 is 6.12. The molecule has 0 saturated heterocycles. The molecule has 0 spiro atoms. The number of carbonyl (C=O) groups is 1. The zero-order valence-electron chi connectivity index (χ0n) is 12.6. The lowest BCUT2D eigenvalue weighted by molar-refractivity contribution is 0.0635. The van der Waals surface area contributed by atoms with Crippen LogP contribution >= 0.6 is 11.6 Å². The minimum atomic E-state index is -0.802. The molecule has 0 aromatic heterocycles. The Morgan fingerprint density at radius 2 is 1.90 bits per heavy atom. The molecular formula is C15H22ClNO3. The molecule has 0 bridgehead atoms. The maximum Gasteiger partial charge on any atom is 0.412 e. The van der Waals surface area contributed by atoms with Gasteiger partial charge in [0.2, 0.25) is 0 Å². The van der Waals surface area contributed by atoms with Gasteiger partial charge in [0.25, 0.3) is 0 Å². The maximum absolute atomic E-state index is 11.7. The summed E-state index contributed by atoms with van der Waals surface area (Å²) in [5.41, 5.74) is 0.0264. The van der Waals surface area contributed by atoms with E-state index in [9.17, 15) is 9.90 Å². The van der Waals surface area contributed by atoms with Gasteiger partial charge in [-0.3, -0.25) is 5.32 Å². The Balaban J connectivity index is 2.76. The number of hydrogen-bond acceptors (Lipinski definition) is 3. The summed E-state index contributed by atoms with van der Waals surface area (Å²) < 4.78 is 5.16. The van der Waals surface area contributed by atoms with Gasteiger partial charge in [0.05, 0.1) is 16.3 Å². The first-order valence-corrected chi connectivity index (χ1v) is 6.85. The molecule has 1 rings (SSSR count). The van der Waals surface area contributed by atoms with Crippen LogP contribution in [0.4, 0.5) is 10.5 Å². The summed E-state index contributed by atoms with van der Waals surface area (Å²) in [6.07, 6.45) is -0.0611. The molecule has 5 heteroatoms. The number of halogens is 1. The zero-order chi connectivity index (χ0) is 15.6. The lowest BCUT2D eigenvalue weighted by Gasteiger charge is -2.20. The Hall–Kier alpha value is -1.26. The van der Waals surface area contributed by atoms with Crippen molar-refractivity contribution in [2.75, 3.05) is 5.32 Å². The molecule has 0 aliphatic heterocycles. The monoisotopic (exact) mass is 299 g/mol.